The summed E-state index contributed by atoms with van der Waals surface area (Å²) in [6, 6.07) is 0. The van der Waals surface area contributed by atoms with Crippen LogP contribution in [0.25, 0.3) is 0 Å². The molecular weight excluding hydrogens is 224 g/mol. The molecule has 2 aliphatic heterocycles. The number of nitrogens with zero attached hydrogens (tertiary/aromatic N) is 2. The first-order valence-electron chi connectivity index (χ1n) is 6.02. The summed E-state index contributed by atoms with van der Waals surface area (Å²) in [6.45, 7) is 5.22. The standard InChI is InChI=1S/C11H18N2O4/c1-2-5-13-6-3-11(4-7-13)8-9(12-17-11)16-10(14)15/h2-8H2,1H3,(H,14,15). The van der Waals surface area contributed by atoms with Crippen LogP contribution in [0.1, 0.15) is 32.6 Å². The molecule has 1 fully saturated rings. The topological polar surface area (TPSA) is 71.4 Å². The van der Waals surface area contributed by atoms with Crippen molar-refractivity contribution in [3.05, 3.63) is 0 Å². The van der Waals surface area contributed by atoms with Crippen LogP contribution in [-0.4, -0.2) is 47.3 Å². The lowest BCUT2D eigenvalue weighted by Crippen LogP contribution is -2.44. The van der Waals surface area contributed by atoms with Crippen molar-refractivity contribution in [1.82, 2.24) is 4.90 Å². The zero-order valence-electron chi connectivity index (χ0n) is 10.0. The highest BCUT2D eigenvalue weighted by Gasteiger charge is 2.43. The number of hydrogen-bond acceptors (Lipinski definition) is 5. The summed E-state index contributed by atoms with van der Waals surface area (Å²) in [5.41, 5.74) is -0.324. The molecule has 0 aliphatic carbocycles. The van der Waals surface area contributed by atoms with Gasteiger partial charge in [-0.3, -0.25) is 0 Å². The zero-order chi connectivity index (χ0) is 12.3. The van der Waals surface area contributed by atoms with E-state index in [1.54, 1.807) is 0 Å². The summed E-state index contributed by atoms with van der Waals surface area (Å²) in [5.74, 6) is 0.182. The molecule has 0 aromatic carbocycles. The van der Waals surface area contributed by atoms with E-state index in [1.807, 2.05) is 0 Å². The minimum Gasteiger partial charge on any atom is -0.449 e. The van der Waals surface area contributed by atoms with Gasteiger partial charge in [-0.1, -0.05) is 12.1 Å². The lowest BCUT2D eigenvalue weighted by molar-refractivity contribution is -0.0613. The predicted molar refractivity (Wildman–Crippen MR) is 60.9 cm³/mol. The highest BCUT2D eigenvalue weighted by molar-refractivity contribution is 5.86. The first-order chi connectivity index (χ1) is 8.13. The van der Waals surface area contributed by atoms with Crippen molar-refractivity contribution in [3.8, 4) is 0 Å². The van der Waals surface area contributed by atoms with Crippen LogP contribution in [0, 0.1) is 0 Å². The maximum absolute atomic E-state index is 10.4. The number of piperidine rings is 1. The number of ether oxygens (including phenoxy) is 1. The molecule has 2 heterocycles. The van der Waals surface area contributed by atoms with Crippen LogP contribution in [0.3, 0.4) is 0 Å². The molecule has 0 radical (unpaired) electrons. The van der Waals surface area contributed by atoms with Crippen molar-refractivity contribution in [2.24, 2.45) is 5.16 Å². The van der Waals surface area contributed by atoms with Gasteiger partial charge < -0.3 is 19.6 Å². The Labute approximate surface area is 100 Å². The van der Waals surface area contributed by atoms with E-state index in [4.69, 9.17) is 9.94 Å². The van der Waals surface area contributed by atoms with Gasteiger partial charge in [0.2, 0.25) is 5.90 Å². The van der Waals surface area contributed by atoms with E-state index >= 15 is 0 Å². The summed E-state index contributed by atoms with van der Waals surface area (Å²) in [6.07, 6.45) is 2.05. The van der Waals surface area contributed by atoms with E-state index in [1.165, 1.54) is 0 Å². The van der Waals surface area contributed by atoms with Crippen molar-refractivity contribution in [3.63, 3.8) is 0 Å². The molecule has 1 N–H and O–H groups in total. The molecule has 2 rings (SSSR count). The van der Waals surface area contributed by atoms with Crippen molar-refractivity contribution in [2.45, 2.75) is 38.2 Å². The number of hydrogen-bond donors (Lipinski definition) is 1. The largest absolute Gasteiger partial charge is 0.512 e. The molecule has 0 saturated carbocycles. The van der Waals surface area contributed by atoms with Gasteiger partial charge >= 0.3 is 6.16 Å². The molecule has 1 spiro atoms. The minimum atomic E-state index is -1.33. The van der Waals surface area contributed by atoms with Crippen LogP contribution in [0.15, 0.2) is 5.16 Å². The molecule has 0 bridgehead atoms. The van der Waals surface area contributed by atoms with Crippen molar-refractivity contribution in [2.75, 3.05) is 19.6 Å². The maximum atomic E-state index is 10.4. The second kappa shape index (κ2) is 4.91. The van der Waals surface area contributed by atoms with E-state index in [-0.39, 0.29) is 11.5 Å². The minimum absolute atomic E-state index is 0.182. The fourth-order valence-corrected chi connectivity index (χ4v) is 2.41. The molecule has 0 aromatic rings. The third-order valence-corrected chi connectivity index (χ3v) is 3.33. The van der Waals surface area contributed by atoms with Crippen molar-refractivity contribution in [1.29, 1.82) is 0 Å². The average molecular weight is 242 g/mol. The summed E-state index contributed by atoms with van der Waals surface area (Å²) in [4.78, 5) is 18.2. The Morgan fingerprint density at radius 1 is 1.59 bits per heavy atom. The summed E-state index contributed by atoms with van der Waals surface area (Å²) in [7, 11) is 0. The van der Waals surface area contributed by atoms with Gasteiger partial charge in [-0.25, -0.2) is 4.79 Å². The Hall–Kier alpha value is -1.30. The van der Waals surface area contributed by atoms with Crippen molar-refractivity contribution >= 4 is 12.1 Å². The van der Waals surface area contributed by atoms with Crippen LogP contribution in [0.2, 0.25) is 0 Å². The molecule has 6 heteroatoms. The van der Waals surface area contributed by atoms with Crippen LogP contribution < -0.4 is 0 Å². The summed E-state index contributed by atoms with van der Waals surface area (Å²) < 4.78 is 4.54. The number of likely N-dealkylation sites (tertiary alicyclic amines) is 1. The number of carboxylic acid groups (broad SMARTS) is 1. The average Bonchev–Trinajstić information content (AvgIpc) is 2.65. The van der Waals surface area contributed by atoms with Gasteiger partial charge in [-0.2, -0.15) is 0 Å². The molecule has 0 amide bonds. The monoisotopic (exact) mass is 242 g/mol. The lowest BCUT2D eigenvalue weighted by atomic mass is 9.88. The predicted octanol–water partition coefficient (Wildman–Crippen LogP) is 1.66. The Bertz CT molecular complexity index is 321. The SMILES string of the molecule is CCCN1CCC2(CC1)CC(OC(=O)O)=NO2. The van der Waals surface area contributed by atoms with Gasteiger partial charge in [0.1, 0.15) is 5.60 Å². The fraction of sp³-hybridized carbons (Fsp3) is 0.818. The lowest BCUT2D eigenvalue weighted by Gasteiger charge is -2.36. The first kappa shape index (κ1) is 12.2. The van der Waals surface area contributed by atoms with Gasteiger partial charge in [0.15, 0.2) is 0 Å². The molecule has 2 aliphatic rings. The van der Waals surface area contributed by atoms with Gasteiger partial charge in [0, 0.05) is 25.9 Å². The van der Waals surface area contributed by atoms with Crippen LogP contribution in [-0.2, 0) is 9.57 Å². The number of carbonyl (C=O) groups is 1. The van der Waals surface area contributed by atoms with Gasteiger partial charge in [0.25, 0.3) is 0 Å². The second-order valence-corrected chi connectivity index (χ2v) is 4.65. The molecule has 96 valence electrons. The number of rotatable bonds is 2. The molecular formula is C11H18N2O4. The molecule has 17 heavy (non-hydrogen) atoms. The number of oxime groups is 1. The Morgan fingerprint density at radius 2 is 2.29 bits per heavy atom. The van der Waals surface area contributed by atoms with Crippen molar-refractivity contribution < 1.29 is 19.5 Å². The van der Waals surface area contributed by atoms with E-state index in [2.05, 4.69) is 21.7 Å². The fourth-order valence-electron chi connectivity index (χ4n) is 2.41. The third kappa shape index (κ3) is 2.88. The smallest absolute Gasteiger partial charge is 0.449 e. The Kier molecular flexibility index (Phi) is 3.51. The molecule has 0 aromatic heterocycles. The second-order valence-electron chi connectivity index (χ2n) is 4.65. The van der Waals surface area contributed by atoms with Gasteiger partial charge in [0.05, 0.1) is 6.42 Å². The molecule has 0 atom stereocenters. The summed E-state index contributed by atoms with van der Waals surface area (Å²) in [5, 5.41) is 12.2. The third-order valence-electron chi connectivity index (χ3n) is 3.33. The highest BCUT2D eigenvalue weighted by atomic mass is 16.7. The van der Waals surface area contributed by atoms with Gasteiger partial charge in [-0.15, -0.1) is 0 Å². The van der Waals surface area contributed by atoms with E-state index < -0.39 is 6.16 Å². The Morgan fingerprint density at radius 3 is 2.88 bits per heavy atom. The summed E-state index contributed by atoms with van der Waals surface area (Å²) >= 11 is 0. The quantitative estimate of drug-likeness (QED) is 0.745. The molecule has 6 nitrogen and oxygen atoms in total. The van der Waals surface area contributed by atoms with E-state index in [9.17, 15) is 4.79 Å². The van der Waals surface area contributed by atoms with Crippen LogP contribution in [0.4, 0.5) is 4.79 Å². The van der Waals surface area contributed by atoms with Crippen LogP contribution >= 0.6 is 0 Å². The van der Waals surface area contributed by atoms with E-state index in [0.29, 0.717) is 6.42 Å². The first-order valence-corrected chi connectivity index (χ1v) is 6.02. The Balaban J connectivity index is 1.83. The van der Waals surface area contributed by atoms with Crippen LogP contribution in [0.5, 0.6) is 0 Å². The zero-order valence-corrected chi connectivity index (χ0v) is 10.0. The van der Waals surface area contributed by atoms with Gasteiger partial charge in [-0.05, 0) is 13.0 Å². The molecule has 1 saturated heterocycles. The van der Waals surface area contributed by atoms with E-state index in [0.717, 1.165) is 38.9 Å². The highest BCUT2D eigenvalue weighted by Crippen LogP contribution is 2.34. The maximum Gasteiger partial charge on any atom is 0.512 e. The normalized spacial score (nSPS) is 23.2. The molecule has 0 unspecified atom stereocenters.